The first kappa shape index (κ1) is 13.8. The van der Waals surface area contributed by atoms with Crippen LogP contribution in [0.3, 0.4) is 0 Å². The van der Waals surface area contributed by atoms with Crippen LogP contribution < -0.4 is 4.90 Å². The minimum absolute atomic E-state index is 0.312. The van der Waals surface area contributed by atoms with Crippen molar-refractivity contribution < 1.29 is 14.7 Å². The zero-order chi connectivity index (χ0) is 13.2. The van der Waals surface area contributed by atoms with Crippen molar-refractivity contribution in [1.82, 2.24) is 0 Å². The quantitative estimate of drug-likeness (QED) is 0.863. The molecule has 0 heterocycles. The van der Waals surface area contributed by atoms with Gasteiger partial charge in [0.2, 0.25) is 5.91 Å². The maximum Gasteiger partial charge on any atom is 0.315 e. The summed E-state index contributed by atoms with van der Waals surface area (Å²) in [4.78, 5) is 23.7. The predicted octanol–water partition coefficient (Wildman–Crippen LogP) is 2.68. The van der Waals surface area contributed by atoms with Crippen molar-refractivity contribution in [1.29, 1.82) is 0 Å². The fourth-order valence-corrected chi connectivity index (χ4v) is 1.51. The van der Waals surface area contributed by atoms with Gasteiger partial charge in [-0.2, -0.15) is 0 Å². The van der Waals surface area contributed by atoms with Crippen molar-refractivity contribution in [3.05, 3.63) is 28.2 Å². The van der Waals surface area contributed by atoms with Crippen LogP contribution in [0.4, 0.5) is 5.69 Å². The molecule has 0 aliphatic rings. The van der Waals surface area contributed by atoms with E-state index in [0.717, 1.165) is 0 Å². The second kappa shape index (κ2) is 5.38. The number of carboxylic acids is 1. The van der Waals surface area contributed by atoms with Crippen LogP contribution in [0.1, 0.15) is 6.92 Å². The molecule has 1 atom stereocenters. The number of aliphatic carboxylic acids is 1. The van der Waals surface area contributed by atoms with Crippen molar-refractivity contribution in [3.8, 4) is 0 Å². The molecule has 6 heteroatoms. The standard InChI is InChI=1S/C11H11Cl2NO3/c1-6(11(16)17)10(15)14(2)7-3-4-8(12)9(13)5-7/h3-6H,1-2H3,(H,16,17). The van der Waals surface area contributed by atoms with E-state index in [1.807, 2.05) is 0 Å². The number of hydrogen-bond donors (Lipinski definition) is 1. The lowest BCUT2D eigenvalue weighted by molar-refractivity contribution is -0.145. The molecule has 1 unspecified atom stereocenters. The van der Waals surface area contributed by atoms with Crippen LogP contribution in [0.15, 0.2) is 18.2 Å². The maximum absolute atomic E-state index is 11.8. The summed E-state index contributed by atoms with van der Waals surface area (Å²) in [7, 11) is 1.49. The van der Waals surface area contributed by atoms with Gasteiger partial charge in [0.15, 0.2) is 0 Å². The zero-order valence-corrected chi connectivity index (χ0v) is 10.8. The van der Waals surface area contributed by atoms with Gasteiger partial charge < -0.3 is 10.0 Å². The fourth-order valence-electron chi connectivity index (χ4n) is 1.22. The van der Waals surface area contributed by atoms with E-state index >= 15 is 0 Å². The minimum Gasteiger partial charge on any atom is -0.481 e. The smallest absolute Gasteiger partial charge is 0.315 e. The van der Waals surface area contributed by atoms with Gasteiger partial charge >= 0.3 is 5.97 Å². The van der Waals surface area contributed by atoms with Crippen molar-refractivity contribution in [2.75, 3.05) is 11.9 Å². The molecule has 0 spiro atoms. The molecule has 0 aliphatic heterocycles. The second-order valence-electron chi connectivity index (χ2n) is 3.56. The van der Waals surface area contributed by atoms with Gasteiger partial charge in [-0.1, -0.05) is 23.2 Å². The van der Waals surface area contributed by atoms with Crippen molar-refractivity contribution in [2.45, 2.75) is 6.92 Å². The monoisotopic (exact) mass is 275 g/mol. The first-order valence-electron chi connectivity index (χ1n) is 4.80. The Balaban J connectivity index is 2.96. The lowest BCUT2D eigenvalue weighted by atomic mass is 10.1. The Kier molecular flexibility index (Phi) is 4.37. The lowest BCUT2D eigenvalue weighted by Crippen LogP contribution is -2.35. The van der Waals surface area contributed by atoms with Crippen LogP contribution in [0.25, 0.3) is 0 Å². The van der Waals surface area contributed by atoms with E-state index in [1.165, 1.54) is 24.9 Å². The van der Waals surface area contributed by atoms with Crippen LogP contribution >= 0.6 is 23.2 Å². The molecule has 1 amide bonds. The van der Waals surface area contributed by atoms with Crippen molar-refractivity contribution in [3.63, 3.8) is 0 Å². The highest BCUT2D eigenvalue weighted by atomic mass is 35.5. The summed E-state index contributed by atoms with van der Waals surface area (Å²) in [5.74, 6) is -2.78. The van der Waals surface area contributed by atoms with E-state index in [9.17, 15) is 9.59 Å². The van der Waals surface area contributed by atoms with Gasteiger partial charge in [0.25, 0.3) is 0 Å². The van der Waals surface area contributed by atoms with Crippen LogP contribution in [0.5, 0.6) is 0 Å². The third-order valence-corrected chi connectivity index (χ3v) is 3.10. The Bertz CT molecular complexity index is 462. The van der Waals surface area contributed by atoms with E-state index < -0.39 is 17.8 Å². The third-order valence-electron chi connectivity index (χ3n) is 2.36. The first-order chi connectivity index (χ1) is 7.84. The highest BCUT2D eigenvalue weighted by Crippen LogP contribution is 2.27. The van der Waals surface area contributed by atoms with Crippen molar-refractivity contribution in [2.24, 2.45) is 5.92 Å². The Morgan fingerprint density at radius 1 is 1.29 bits per heavy atom. The average Bonchev–Trinajstić information content (AvgIpc) is 2.29. The zero-order valence-electron chi connectivity index (χ0n) is 9.28. The molecule has 4 nitrogen and oxygen atoms in total. The molecule has 17 heavy (non-hydrogen) atoms. The summed E-state index contributed by atoms with van der Waals surface area (Å²) >= 11 is 11.6. The summed E-state index contributed by atoms with van der Waals surface area (Å²) in [6.45, 7) is 1.33. The number of nitrogens with zero attached hydrogens (tertiary/aromatic N) is 1. The molecule has 0 saturated heterocycles. The number of amides is 1. The van der Waals surface area contributed by atoms with Gasteiger partial charge in [0, 0.05) is 12.7 Å². The van der Waals surface area contributed by atoms with Crippen molar-refractivity contribution >= 4 is 40.8 Å². The number of anilines is 1. The molecule has 0 aromatic heterocycles. The van der Waals surface area contributed by atoms with E-state index in [-0.39, 0.29) is 0 Å². The van der Waals surface area contributed by atoms with Crippen LogP contribution in [0.2, 0.25) is 10.0 Å². The largest absolute Gasteiger partial charge is 0.481 e. The molecule has 1 rings (SSSR count). The molecule has 1 N–H and O–H groups in total. The number of carboxylic acid groups (broad SMARTS) is 1. The van der Waals surface area contributed by atoms with Gasteiger partial charge in [-0.3, -0.25) is 9.59 Å². The average molecular weight is 276 g/mol. The van der Waals surface area contributed by atoms with Gasteiger partial charge in [-0.25, -0.2) is 0 Å². The predicted molar refractivity (Wildman–Crippen MR) is 66.7 cm³/mol. The topological polar surface area (TPSA) is 57.6 Å². The molecule has 0 aliphatic carbocycles. The summed E-state index contributed by atoms with van der Waals surface area (Å²) in [5.41, 5.74) is 0.498. The number of hydrogen-bond acceptors (Lipinski definition) is 2. The highest BCUT2D eigenvalue weighted by Gasteiger charge is 2.24. The van der Waals surface area contributed by atoms with E-state index in [2.05, 4.69) is 0 Å². The normalized spacial score (nSPS) is 12.0. The molecule has 0 fully saturated rings. The fraction of sp³-hybridized carbons (Fsp3) is 0.273. The Labute approximate surface area is 109 Å². The van der Waals surface area contributed by atoms with Crippen LogP contribution in [0, 0.1) is 5.92 Å². The van der Waals surface area contributed by atoms with Crippen LogP contribution in [-0.4, -0.2) is 24.0 Å². The highest BCUT2D eigenvalue weighted by molar-refractivity contribution is 6.42. The Hall–Kier alpha value is -1.26. The molecular formula is C11H11Cl2NO3. The van der Waals surface area contributed by atoms with E-state index in [0.29, 0.717) is 15.7 Å². The molecule has 0 bridgehead atoms. The molecule has 1 aromatic carbocycles. The number of rotatable bonds is 3. The number of benzene rings is 1. The summed E-state index contributed by atoms with van der Waals surface area (Å²) < 4.78 is 0. The summed E-state index contributed by atoms with van der Waals surface area (Å²) in [6, 6.07) is 4.66. The van der Waals surface area contributed by atoms with Gasteiger partial charge in [-0.15, -0.1) is 0 Å². The SMILES string of the molecule is CC(C(=O)O)C(=O)N(C)c1ccc(Cl)c(Cl)c1. The number of carbonyl (C=O) groups is 2. The molecule has 92 valence electrons. The molecule has 1 aromatic rings. The van der Waals surface area contributed by atoms with E-state index in [4.69, 9.17) is 28.3 Å². The lowest BCUT2D eigenvalue weighted by Gasteiger charge is -2.19. The summed E-state index contributed by atoms with van der Waals surface area (Å²) in [6.07, 6.45) is 0. The van der Waals surface area contributed by atoms with Crippen LogP contribution in [-0.2, 0) is 9.59 Å². The number of carbonyl (C=O) groups excluding carboxylic acids is 1. The molecule has 0 radical (unpaired) electrons. The Morgan fingerprint density at radius 3 is 2.35 bits per heavy atom. The van der Waals surface area contributed by atoms with E-state index in [1.54, 1.807) is 12.1 Å². The first-order valence-corrected chi connectivity index (χ1v) is 5.55. The van der Waals surface area contributed by atoms with Gasteiger partial charge in [0.05, 0.1) is 10.0 Å². The third kappa shape index (κ3) is 3.11. The molecular weight excluding hydrogens is 265 g/mol. The second-order valence-corrected chi connectivity index (χ2v) is 4.37. The van der Waals surface area contributed by atoms with Gasteiger partial charge in [0.1, 0.15) is 5.92 Å². The maximum atomic E-state index is 11.8. The number of halogens is 2. The Morgan fingerprint density at radius 2 is 1.88 bits per heavy atom. The molecule has 0 saturated carbocycles. The minimum atomic E-state index is -1.16. The summed E-state index contributed by atoms with van der Waals surface area (Å²) in [5, 5.41) is 9.44. The van der Waals surface area contributed by atoms with Gasteiger partial charge in [-0.05, 0) is 25.1 Å².